The monoisotopic (exact) mass is 368 g/mol. The van der Waals surface area contributed by atoms with Gasteiger partial charge in [0, 0.05) is 37.3 Å². The first-order chi connectivity index (χ1) is 13.3. The molecule has 1 atom stereocenters. The van der Waals surface area contributed by atoms with Gasteiger partial charge in [0.2, 0.25) is 0 Å². The van der Waals surface area contributed by atoms with Gasteiger partial charge in [-0.05, 0) is 31.2 Å². The molecule has 1 unspecified atom stereocenters. The van der Waals surface area contributed by atoms with E-state index in [0.717, 1.165) is 38.2 Å². The Morgan fingerprint density at radius 3 is 2.93 bits per heavy atom. The molecule has 1 N–H and O–H groups in total. The Morgan fingerprint density at radius 1 is 1.15 bits per heavy atom. The zero-order chi connectivity index (χ0) is 18.3. The van der Waals surface area contributed by atoms with E-state index in [0.29, 0.717) is 32.0 Å². The molecular formula is C19H24N6O2. The van der Waals surface area contributed by atoms with Crippen LogP contribution in [0.5, 0.6) is 0 Å². The Hall–Kier alpha value is -2.48. The molecule has 0 saturated carbocycles. The number of anilines is 1. The van der Waals surface area contributed by atoms with E-state index in [2.05, 4.69) is 25.1 Å². The summed E-state index contributed by atoms with van der Waals surface area (Å²) in [5, 5.41) is 7.49. The maximum Gasteiger partial charge on any atom is 0.274 e. The van der Waals surface area contributed by atoms with Gasteiger partial charge in [0.15, 0.2) is 0 Å². The third-order valence-electron chi connectivity index (χ3n) is 6.16. The molecule has 3 aliphatic rings. The largest absolute Gasteiger partial charge is 0.378 e. The molecule has 8 heteroatoms. The number of H-pyrrole nitrogens is 1. The van der Waals surface area contributed by atoms with Gasteiger partial charge in [-0.1, -0.05) is 0 Å². The Labute approximate surface area is 157 Å². The molecule has 5 rings (SSSR count). The topological polar surface area (TPSA) is 87.2 Å². The second-order valence-electron chi connectivity index (χ2n) is 7.74. The first kappa shape index (κ1) is 16.7. The number of ether oxygens (including phenoxy) is 1. The van der Waals surface area contributed by atoms with E-state index in [4.69, 9.17) is 4.74 Å². The standard InChI is InChI=1S/C19H24N6O2/c26-18(24-6-8-27-9-7-24)15-11-20-12-16(22-15)25-5-1-3-19(13-25)4-2-14-10-21-23-17(14)19/h10-12H,1-9,13H2,(H,21,23). The van der Waals surface area contributed by atoms with Crippen molar-refractivity contribution in [1.82, 2.24) is 25.1 Å². The molecule has 142 valence electrons. The summed E-state index contributed by atoms with van der Waals surface area (Å²) in [5.41, 5.74) is 3.18. The minimum absolute atomic E-state index is 0.0592. The van der Waals surface area contributed by atoms with E-state index in [-0.39, 0.29) is 11.3 Å². The Balaban J connectivity index is 1.38. The summed E-state index contributed by atoms with van der Waals surface area (Å²) in [6, 6.07) is 0. The van der Waals surface area contributed by atoms with Gasteiger partial charge in [0.1, 0.15) is 11.5 Å². The first-order valence-corrected chi connectivity index (χ1v) is 9.72. The van der Waals surface area contributed by atoms with Crippen molar-refractivity contribution in [2.24, 2.45) is 0 Å². The number of hydrogen-bond acceptors (Lipinski definition) is 6. The van der Waals surface area contributed by atoms with Crippen molar-refractivity contribution in [2.45, 2.75) is 31.1 Å². The molecule has 8 nitrogen and oxygen atoms in total. The lowest BCUT2D eigenvalue weighted by Gasteiger charge is -2.41. The maximum atomic E-state index is 12.7. The van der Waals surface area contributed by atoms with E-state index < -0.39 is 0 Å². The highest BCUT2D eigenvalue weighted by atomic mass is 16.5. The Kier molecular flexibility index (Phi) is 4.07. The highest BCUT2D eigenvalue weighted by Crippen LogP contribution is 2.44. The first-order valence-electron chi connectivity index (χ1n) is 9.72. The Bertz CT molecular complexity index is 846. The van der Waals surface area contributed by atoms with Crippen LogP contribution in [0.1, 0.15) is 41.0 Å². The number of aromatic amines is 1. The van der Waals surface area contributed by atoms with Crippen LogP contribution >= 0.6 is 0 Å². The van der Waals surface area contributed by atoms with Crippen LogP contribution in [0.4, 0.5) is 5.82 Å². The van der Waals surface area contributed by atoms with Crippen molar-refractivity contribution in [3.8, 4) is 0 Å². The number of rotatable bonds is 2. The molecule has 1 aliphatic carbocycles. The van der Waals surface area contributed by atoms with E-state index in [1.807, 2.05) is 6.20 Å². The zero-order valence-corrected chi connectivity index (χ0v) is 15.4. The molecule has 2 fully saturated rings. The van der Waals surface area contributed by atoms with Crippen molar-refractivity contribution in [2.75, 3.05) is 44.3 Å². The molecule has 2 aliphatic heterocycles. The number of carbonyl (C=O) groups excluding carboxylic acids is 1. The van der Waals surface area contributed by atoms with Gasteiger partial charge < -0.3 is 14.5 Å². The molecule has 2 aromatic rings. The molecule has 0 radical (unpaired) electrons. The van der Waals surface area contributed by atoms with Gasteiger partial charge in [0.25, 0.3) is 5.91 Å². The van der Waals surface area contributed by atoms with Gasteiger partial charge >= 0.3 is 0 Å². The molecule has 27 heavy (non-hydrogen) atoms. The number of amides is 1. The molecule has 4 heterocycles. The fourth-order valence-electron chi connectivity index (χ4n) is 4.73. The quantitative estimate of drug-likeness (QED) is 0.856. The van der Waals surface area contributed by atoms with E-state index >= 15 is 0 Å². The number of nitrogens with one attached hydrogen (secondary N) is 1. The van der Waals surface area contributed by atoms with Crippen LogP contribution in [0.2, 0.25) is 0 Å². The third kappa shape index (κ3) is 2.88. The lowest BCUT2D eigenvalue weighted by Crippen LogP contribution is -2.46. The number of aryl methyl sites for hydroxylation is 1. The van der Waals surface area contributed by atoms with Crippen molar-refractivity contribution < 1.29 is 9.53 Å². The molecule has 2 aromatic heterocycles. The predicted octanol–water partition coefficient (Wildman–Crippen LogP) is 1.16. The van der Waals surface area contributed by atoms with Gasteiger partial charge in [-0.2, -0.15) is 5.10 Å². The van der Waals surface area contributed by atoms with Crippen molar-refractivity contribution in [1.29, 1.82) is 0 Å². The number of aromatic nitrogens is 4. The molecule has 2 saturated heterocycles. The van der Waals surface area contributed by atoms with Crippen LogP contribution in [-0.4, -0.2) is 70.4 Å². The molecular weight excluding hydrogens is 344 g/mol. The zero-order valence-electron chi connectivity index (χ0n) is 15.4. The molecule has 1 spiro atoms. The second kappa shape index (κ2) is 6.60. The average molecular weight is 368 g/mol. The van der Waals surface area contributed by atoms with Crippen molar-refractivity contribution in [3.63, 3.8) is 0 Å². The van der Waals surface area contributed by atoms with Crippen LogP contribution in [0, 0.1) is 0 Å². The number of nitrogens with zero attached hydrogens (tertiary/aromatic N) is 5. The average Bonchev–Trinajstić information content (AvgIpc) is 3.33. The van der Waals surface area contributed by atoms with Crippen LogP contribution < -0.4 is 4.90 Å². The van der Waals surface area contributed by atoms with E-state index in [9.17, 15) is 4.79 Å². The van der Waals surface area contributed by atoms with Crippen molar-refractivity contribution >= 4 is 11.7 Å². The Morgan fingerprint density at radius 2 is 2.04 bits per heavy atom. The number of piperidine rings is 1. The fourth-order valence-corrected chi connectivity index (χ4v) is 4.73. The predicted molar refractivity (Wildman–Crippen MR) is 98.8 cm³/mol. The smallest absolute Gasteiger partial charge is 0.274 e. The maximum absolute atomic E-state index is 12.7. The van der Waals surface area contributed by atoms with Crippen LogP contribution in [0.15, 0.2) is 18.6 Å². The normalized spacial score (nSPS) is 25.0. The number of hydrogen-bond donors (Lipinski definition) is 1. The second-order valence-corrected chi connectivity index (χ2v) is 7.74. The van der Waals surface area contributed by atoms with Gasteiger partial charge in [-0.15, -0.1) is 0 Å². The highest BCUT2D eigenvalue weighted by Gasteiger charge is 2.43. The highest BCUT2D eigenvalue weighted by molar-refractivity contribution is 5.92. The third-order valence-corrected chi connectivity index (χ3v) is 6.16. The summed E-state index contributed by atoms with van der Waals surface area (Å²) >= 11 is 0. The number of morpholine rings is 1. The molecule has 1 amide bonds. The summed E-state index contributed by atoms with van der Waals surface area (Å²) < 4.78 is 5.33. The summed E-state index contributed by atoms with van der Waals surface area (Å²) in [6.07, 6.45) is 9.81. The SMILES string of the molecule is O=C(c1cncc(N2CCCC3(CCc4cn[nH]c43)C2)n1)N1CCOCC1. The van der Waals surface area contributed by atoms with Crippen LogP contribution in [0.25, 0.3) is 0 Å². The van der Waals surface area contributed by atoms with E-state index in [1.165, 1.54) is 17.7 Å². The molecule has 0 aromatic carbocycles. The van der Waals surface area contributed by atoms with E-state index in [1.54, 1.807) is 17.3 Å². The van der Waals surface area contributed by atoms with Gasteiger partial charge in [-0.25, -0.2) is 4.98 Å². The van der Waals surface area contributed by atoms with Crippen LogP contribution in [0.3, 0.4) is 0 Å². The van der Waals surface area contributed by atoms with Gasteiger partial charge in [0.05, 0.1) is 31.8 Å². The molecule has 0 bridgehead atoms. The minimum Gasteiger partial charge on any atom is -0.378 e. The lowest BCUT2D eigenvalue weighted by molar-refractivity contribution is 0.0298. The fraction of sp³-hybridized carbons (Fsp3) is 0.579. The summed E-state index contributed by atoms with van der Waals surface area (Å²) in [4.78, 5) is 25.8. The van der Waals surface area contributed by atoms with Gasteiger partial charge in [-0.3, -0.25) is 14.9 Å². The summed E-state index contributed by atoms with van der Waals surface area (Å²) in [5.74, 6) is 0.734. The summed E-state index contributed by atoms with van der Waals surface area (Å²) in [6.45, 7) is 4.22. The van der Waals surface area contributed by atoms with Crippen LogP contribution in [-0.2, 0) is 16.6 Å². The number of fused-ring (bicyclic) bond motifs is 2. The summed E-state index contributed by atoms with van der Waals surface area (Å²) in [7, 11) is 0. The minimum atomic E-state index is -0.0592. The lowest BCUT2D eigenvalue weighted by atomic mass is 9.78. The number of carbonyl (C=O) groups is 1. The van der Waals surface area contributed by atoms with Crippen molar-refractivity contribution in [3.05, 3.63) is 35.5 Å².